The predicted molar refractivity (Wildman–Crippen MR) is 119 cm³/mol. The molecular weight excluding hydrogens is 493 g/mol. The first-order chi connectivity index (χ1) is 15.8. The van der Waals surface area contributed by atoms with Crippen molar-refractivity contribution in [2.24, 2.45) is 0 Å². The fraction of sp³-hybridized carbons (Fsp3) is 0.200. The van der Waals surface area contributed by atoms with Crippen molar-refractivity contribution in [2.75, 3.05) is 0 Å². The molecule has 3 rings (SSSR count). The maximum atomic E-state index is 12.6. The topological polar surface area (TPSA) is 136 Å². The standard InChI is InChI=1S/C20H17Cl2N5O5S/c21-13-7-4-8-16(18(13)22)33-19-24-26-27(25-19)10-15(28)14(9-17(29)30)23-20(31)32-11-12-5-2-1-3-6-12/h1-8,14H,9-11H2,(H,23,31)(H,29,30). The number of aromatic nitrogens is 4. The number of amides is 1. The molecule has 1 unspecified atom stereocenters. The van der Waals surface area contributed by atoms with Crippen LogP contribution in [0.2, 0.25) is 10.0 Å². The van der Waals surface area contributed by atoms with Crippen LogP contribution in [0.5, 0.6) is 0 Å². The number of carboxylic acid groups (broad SMARTS) is 1. The zero-order valence-electron chi connectivity index (χ0n) is 16.9. The third-order valence-electron chi connectivity index (χ3n) is 4.12. The van der Waals surface area contributed by atoms with Gasteiger partial charge in [0.05, 0.1) is 16.5 Å². The Labute approximate surface area is 202 Å². The van der Waals surface area contributed by atoms with Gasteiger partial charge < -0.3 is 15.2 Å². The van der Waals surface area contributed by atoms with E-state index in [0.717, 1.165) is 22.1 Å². The molecule has 1 amide bonds. The van der Waals surface area contributed by atoms with E-state index in [9.17, 15) is 14.4 Å². The second kappa shape index (κ2) is 11.6. The number of ether oxygens (including phenoxy) is 1. The maximum absolute atomic E-state index is 12.6. The van der Waals surface area contributed by atoms with Crippen molar-refractivity contribution in [2.45, 2.75) is 35.7 Å². The molecule has 0 aliphatic heterocycles. The summed E-state index contributed by atoms with van der Waals surface area (Å²) in [6.45, 7) is -0.439. The number of carbonyl (C=O) groups is 3. The molecule has 172 valence electrons. The Hall–Kier alpha value is -3.15. The number of hydrogen-bond donors (Lipinski definition) is 2. The van der Waals surface area contributed by atoms with Crippen molar-refractivity contribution in [3.63, 3.8) is 0 Å². The first kappa shape index (κ1) is 24.5. The number of halogens is 2. The lowest BCUT2D eigenvalue weighted by molar-refractivity contribution is -0.139. The summed E-state index contributed by atoms with van der Waals surface area (Å²) >= 11 is 13.2. The van der Waals surface area contributed by atoms with E-state index in [1.807, 2.05) is 6.07 Å². The van der Waals surface area contributed by atoms with Gasteiger partial charge in [-0.15, -0.1) is 10.2 Å². The molecule has 0 saturated carbocycles. The summed E-state index contributed by atoms with van der Waals surface area (Å²) < 4.78 is 5.06. The molecule has 2 N–H and O–H groups in total. The molecule has 3 aromatic rings. The zero-order valence-corrected chi connectivity index (χ0v) is 19.2. The summed E-state index contributed by atoms with van der Waals surface area (Å²) in [5.74, 6) is -1.90. The first-order valence-electron chi connectivity index (χ1n) is 9.43. The van der Waals surface area contributed by atoms with Crippen molar-refractivity contribution in [1.82, 2.24) is 25.5 Å². The van der Waals surface area contributed by atoms with E-state index in [4.69, 9.17) is 33.0 Å². The SMILES string of the molecule is O=C(O)CC(NC(=O)OCc1ccccc1)C(=O)Cn1nnc(Sc2cccc(Cl)c2Cl)n1. The molecular formula is C20H17Cl2N5O5S. The predicted octanol–water partition coefficient (Wildman–Crippen LogP) is 3.47. The van der Waals surface area contributed by atoms with Crippen molar-refractivity contribution in [3.8, 4) is 0 Å². The third-order valence-corrected chi connectivity index (χ3v) is 5.96. The molecule has 1 atom stereocenters. The number of nitrogens with one attached hydrogen (secondary N) is 1. The summed E-state index contributed by atoms with van der Waals surface area (Å²) in [7, 11) is 0. The number of carbonyl (C=O) groups excluding carboxylic acids is 2. The lowest BCUT2D eigenvalue weighted by Gasteiger charge is -2.15. The molecule has 13 heteroatoms. The fourth-order valence-electron chi connectivity index (χ4n) is 2.57. The van der Waals surface area contributed by atoms with Crippen LogP contribution in [0.25, 0.3) is 0 Å². The summed E-state index contributed by atoms with van der Waals surface area (Å²) in [6, 6.07) is 12.6. The molecule has 0 saturated heterocycles. The molecule has 1 heterocycles. The van der Waals surface area contributed by atoms with Crippen LogP contribution in [0, 0.1) is 0 Å². The van der Waals surface area contributed by atoms with Crippen molar-refractivity contribution in [1.29, 1.82) is 0 Å². The van der Waals surface area contributed by atoms with Crippen molar-refractivity contribution < 1.29 is 24.2 Å². The van der Waals surface area contributed by atoms with Gasteiger partial charge in [-0.3, -0.25) is 9.59 Å². The van der Waals surface area contributed by atoms with E-state index in [-0.39, 0.29) is 11.8 Å². The maximum Gasteiger partial charge on any atom is 0.408 e. The van der Waals surface area contributed by atoms with Gasteiger partial charge in [0.15, 0.2) is 5.78 Å². The number of rotatable bonds is 10. The Morgan fingerprint density at radius 1 is 1.12 bits per heavy atom. The van der Waals surface area contributed by atoms with Gasteiger partial charge in [0.1, 0.15) is 19.2 Å². The first-order valence-corrected chi connectivity index (χ1v) is 11.0. The van der Waals surface area contributed by atoms with E-state index in [1.54, 1.807) is 42.5 Å². The molecule has 1 aromatic heterocycles. The number of tetrazole rings is 1. The van der Waals surface area contributed by atoms with Gasteiger partial charge in [-0.25, -0.2) is 4.79 Å². The van der Waals surface area contributed by atoms with E-state index in [0.29, 0.717) is 14.9 Å². The van der Waals surface area contributed by atoms with Gasteiger partial charge in [-0.1, -0.05) is 59.6 Å². The number of ketones is 1. The number of hydrogen-bond acceptors (Lipinski definition) is 8. The van der Waals surface area contributed by atoms with Gasteiger partial charge in [-0.2, -0.15) is 4.80 Å². The highest BCUT2D eigenvalue weighted by molar-refractivity contribution is 7.99. The van der Waals surface area contributed by atoms with Crippen LogP contribution < -0.4 is 5.32 Å². The second-order valence-electron chi connectivity index (χ2n) is 6.58. The summed E-state index contributed by atoms with van der Waals surface area (Å²) in [5.41, 5.74) is 0.741. The Morgan fingerprint density at radius 2 is 1.88 bits per heavy atom. The summed E-state index contributed by atoms with van der Waals surface area (Å²) in [6.07, 6.45) is -1.55. The molecule has 0 aliphatic rings. The van der Waals surface area contributed by atoms with Crippen LogP contribution in [-0.2, 0) is 27.5 Å². The summed E-state index contributed by atoms with van der Waals surface area (Å²) in [4.78, 5) is 37.5. The van der Waals surface area contributed by atoms with E-state index in [2.05, 4.69) is 20.7 Å². The molecule has 2 aromatic carbocycles. The number of aliphatic carboxylic acids is 1. The van der Waals surface area contributed by atoms with Crippen molar-refractivity contribution >= 4 is 52.8 Å². The fourth-order valence-corrected chi connectivity index (χ4v) is 3.80. The number of Topliss-reactive ketones (excluding diaryl/α,β-unsaturated/α-hetero) is 1. The molecule has 0 radical (unpaired) electrons. The monoisotopic (exact) mass is 509 g/mol. The van der Waals surface area contributed by atoms with Crippen LogP contribution in [0.4, 0.5) is 4.79 Å². The van der Waals surface area contributed by atoms with Gasteiger partial charge in [0.25, 0.3) is 0 Å². The molecule has 0 bridgehead atoms. The quantitative estimate of drug-likeness (QED) is 0.420. The normalized spacial score (nSPS) is 11.6. The van der Waals surface area contributed by atoms with Crippen LogP contribution >= 0.6 is 35.0 Å². The van der Waals surface area contributed by atoms with Crippen molar-refractivity contribution in [3.05, 3.63) is 64.1 Å². The van der Waals surface area contributed by atoms with E-state index >= 15 is 0 Å². The van der Waals surface area contributed by atoms with E-state index in [1.165, 1.54) is 0 Å². The lowest BCUT2D eigenvalue weighted by atomic mass is 10.1. The molecule has 10 nitrogen and oxygen atoms in total. The highest BCUT2D eigenvalue weighted by atomic mass is 35.5. The minimum atomic E-state index is -1.34. The Kier molecular flexibility index (Phi) is 8.64. The van der Waals surface area contributed by atoms with Crippen LogP contribution in [0.3, 0.4) is 0 Å². The molecule has 0 aliphatic carbocycles. The molecule has 33 heavy (non-hydrogen) atoms. The van der Waals surface area contributed by atoms with Gasteiger partial charge in [0, 0.05) is 4.90 Å². The highest BCUT2D eigenvalue weighted by Crippen LogP contribution is 2.35. The minimum Gasteiger partial charge on any atom is -0.481 e. The van der Waals surface area contributed by atoms with Crippen LogP contribution in [-0.4, -0.2) is 49.2 Å². The van der Waals surface area contributed by atoms with E-state index < -0.39 is 36.9 Å². The largest absolute Gasteiger partial charge is 0.481 e. The average molecular weight is 510 g/mol. The molecule has 0 fully saturated rings. The van der Waals surface area contributed by atoms with Gasteiger partial charge >= 0.3 is 12.1 Å². The Morgan fingerprint density at radius 3 is 2.61 bits per heavy atom. The summed E-state index contributed by atoms with van der Waals surface area (Å²) in [5, 5.41) is 24.0. The Bertz CT molecular complexity index is 1140. The number of carboxylic acids is 1. The Balaban J connectivity index is 1.59. The zero-order chi connectivity index (χ0) is 23.8. The number of nitrogens with zero attached hydrogens (tertiary/aromatic N) is 4. The number of benzene rings is 2. The third kappa shape index (κ3) is 7.45. The molecule has 0 spiro atoms. The van der Waals surface area contributed by atoms with Gasteiger partial charge in [0.2, 0.25) is 5.16 Å². The van der Waals surface area contributed by atoms with Gasteiger partial charge in [-0.05, 0) is 34.7 Å². The second-order valence-corrected chi connectivity index (χ2v) is 8.37. The number of alkyl carbamates (subject to hydrolysis) is 1. The van der Waals surface area contributed by atoms with Crippen LogP contribution in [0.15, 0.2) is 58.6 Å². The minimum absolute atomic E-state index is 0.0298. The van der Waals surface area contributed by atoms with Crippen LogP contribution in [0.1, 0.15) is 12.0 Å². The average Bonchev–Trinajstić information content (AvgIpc) is 3.22. The smallest absolute Gasteiger partial charge is 0.408 e. The lowest BCUT2D eigenvalue weighted by Crippen LogP contribution is -2.44. The highest BCUT2D eigenvalue weighted by Gasteiger charge is 2.25.